The van der Waals surface area contributed by atoms with Gasteiger partial charge in [-0.25, -0.2) is 9.97 Å². The number of nitrogens with zero attached hydrogens (tertiary/aromatic N) is 2. The van der Waals surface area contributed by atoms with E-state index in [4.69, 9.17) is 27.6 Å². The van der Waals surface area contributed by atoms with E-state index >= 15 is 0 Å². The fourth-order valence-electron chi connectivity index (χ4n) is 2.94. The number of rotatable bonds is 4. The first-order chi connectivity index (χ1) is 13.9. The van der Waals surface area contributed by atoms with Crippen molar-refractivity contribution < 1.29 is 9.21 Å². The molecule has 146 valence electrons. The summed E-state index contributed by atoms with van der Waals surface area (Å²) in [6.07, 6.45) is 1.53. The summed E-state index contributed by atoms with van der Waals surface area (Å²) >= 11 is 12.4. The highest BCUT2D eigenvalue weighted by Gasteiger charge is 2.16. The van der Waals surface area contributed by atoms with Gasteiger partial charge in [-0.2, -0.15) is 0 Å². The maximum Gasteiger partial charge on any atom is 0.258 e. The Morgan fingerprint density at radius 2 is 1.93 bits per heavy atom. The molecule has 0 unspecified atom stereocenters. The fraction of sp³-hybridized carbons (Fsp3) is 0.136. The van der Waals surface area contributed by atoms with Crippen LogP contribution in [0.15, 0.2) is 59.1 Å². The van der Waals surface area contributed by atoms with Crippen LogP contribution in [0.2, 0.25) is 10.2 Å². The van der Waals surface area contributed by atoms with Crippen LogP contribution in [-0.2, 0) is 0 Å². The smallest absolute Gasteiger partial charge is 0.258 e. The van der Waals surface area contributed by atoms with E-state index in [1.54, 1.807) is 30.3 Å². The largest absolute Gasteiger partial charge is 0.436 e. The van der Waals surface area contributed by atoms with Crippen molar-refractivity contribution in [3.8, 4) is 11.5 Å². The third kappa shape index (κ3) is 3.97. The molecule has 2 aromatic heterocycles. The number of anilines is 1. The van der Waals surface area contributed by atoms with Crippen LogP contribution in [0.3, 0.4) is 0 Å². The molecule has 0 saturated heterocycles. The molecule has 2 heterocycles. The lowest BCUT2D eigenvalue weighted by Crippen LogP contribution is -2.12. The standard InChI is InChI=1S/C22H17Cl2N3O2/c1-12(2)13-5-8-19-18(10-13)27-22(29-19)16-11-14(6-7-17(16)23)26-21(28)15-4-3-9-25-20(15)24/h3-12H,1-2H3,(H,26,28). The van der Waals surface area contributed by atoms with Crippen LogP contribution < -0.4 is 5.32 Å². The molecule has 0 aliphatic heterocycles. The highest BCUT2D eigenvalue weighted by atomic mass is 35.5. The second kappa shape index (κ2) is 7.85. The summed E-state index contributed by atoms with van der Waals surface area (Å²) in [7, 11) is 0. The number of carbonyl (C=O) groups is 1. The van der Waals surface area contributed by atoms with Crippen molar-refractivity contribution >= 4 is 45.9 Å². The summed E-state index contributed by atoms with van der Waals surface area (Å²) in [4.78, 5) is 21.0. The van der Waals surface area contributed by atoms with Gasteiger partial charge in [-0.1, -0.05) is 43.1 Å². The van der Waals surface area contributed by atoms with Crippen molar-refractivity contribution in [2.45, 2.75) is 19.8 Å². The Kier molecular flexibility index (Phi) is 5.26. The van der Waals surface area contributed by atoms with Crippen molar-refractivity contribution in [2.24, 2.45) is 0 Å². The minimum absolute atomic E-state index is 0.138. The van der Waals surface area contributed by atoms with Gasteiger partial charge in [-0.05, 0) is 53.9 Å². The Labute approximate surface area is 177 Å². The van der Waals surface area contributed by atoms with Gasteiger partial charge in [-0.3, -0.25) is 4.79 Å². The third-order valence-electron chi connectivity index (χ3n) is 4.54. The van der Waals surface area contributed by atoms with E-state index in [0.29, 0.717) is 33.7 Å². The number of aromatic nitrogens is 2. The van der Waals surface area contributed by atoms with Gasteiger partial charge < -0.3 is 9.73 Å². The minimum Gasteiger partial charge on any atom is -0.436 e. The molecule has 0 aliphatic carbocycles. The fourth-order valence-corrected chi connectivity index (χ4v) is 3.34. The Morgan fingerprint density at radius 1 is 1.10 bits per heavy atom. The van der Waals surface area contributed by atoms with Gasteiger partial charge in [0, 0.05) is 11.9 Å². The Bertz CT molecular complexity index is 1220. The van der Waals surface area contributed by atoms with E-state index in [9.17, 15) is 4.79 Å². The predicted octanol–water partition coefficient (Wildman–Crippen LogP) is 6.57. The van der Waals surface area contributed by atoms with E-state index in [-0.39, 0.29) is 16.6 Å². The number of nitrogens with one attached hydrogen (secondary N) is 1. The van der Waals surface area contributed by atoms with E-state index in [1.165, 1.54) is 11.8 Å². The second-order valence-electron chi connectivity index (χ2n) is 6.89. The molecule has 5 nitrogen and oxygen atoms in total. The van der Waals surface area contributed by atoms with Gasteiger partial charge in [0.2, 0.25) is 5.89 Å². The quantitative estimate of drug-likeness (QED) is 0.375. The Hall–Kier alpha value is -2.89. The molecule has 0 radical (unpaired) electrons. The predicted molar refractivity (Wildman–Crippen MR) is 116 cm³/mol. The lowest BCUT2D eigenvalue weighted by atomic mass is 10.0. The van der Waals surface area contributed by atoms with Crippen molar-refractivity contribution in [1.82, 2.24) is 9.97 Å². The molecule has 4 aromatic rings. The maximum atomic E-state index is 12.5. The number of hydrogen-bond acceptors (Lipinski definition) is 4. The molecule has 7 heteroatoms. The van der Waals surface area contributed by atoms with Crippen molar-refractivity contribution in [3.05, 3.63) is 76.0 Å². The lowest BCUT2D eigenvalue weighted by Gasteiger charge is -2.08. The molecule has 0 fully saturated rings. The first-order valence-corrected chi connectivity index (χ1v) is 9.80. The van der Waals surface area contributed by atoms with Crippen LogP contribution in [0.1, 0.15) is 35.7 Å². The topological polar surface area (TPSA) is 68.0 Å². The van der Waals surface area contributed by atoms with Crippen LogP contribution in [-0.4, -0.2) is 15.9 Å². The van der Waals surface area contributed by atoms with Crippen LogP contribution in [0.4, 0.5) is 5.69 Å². The zero-order valence-corrected chi connectivity index (χ0v) is 17.3. The molecule has 0 aliphatic rings. The van der Waals surface area contributed by atoms with Crippen molar-refractivity contribution in [2.75, 3.05) is 5.32 Å². The molecule has 4 rings (SSSR count). The van der Waals surface area contributed by atoms with Gasteiger partial charge in [0.15, 0.2) is 5.58 Å². The second-order valence-corrected chi connectivity index (χ2v) is 7.66. The molecule has 0 bridgehead atoms. The molecule has 29 heavy (non-hydrogen) atoms. The molecule has 0 atom stereocenters. The Balaban J connectivity index is 1.67. The number of fused-ring (bicyclic) bond motifs is 1. The summed E-state index contributed by atoms with van der Waals surface area (Å²) < 4.78 is 5.89. The average molecular weight is 426 g/mol. The van der Waals surface area contributed by atoms with Crippen LogP contribution >= 0.6 is 23.2 Å². The minimum atomic E-state index is -0.365. The number of oxazole rings is 1. The first-order valence-electron chi connectivity index (χ1n) is 9.04. The van der Waals surface area contributed by atoms with Gasteiger partial charge >= 0.3 is 0 Å². The van der Waals surface area contributed by atoms with Crippen molar-refractivity contribution in [1.29, 1.82) is 0 Å². The molecular weight excluding hydrogens is 409 g/mol. The molecule has 0 spiro atoms. The zero-order chi connectivity index (χ0) is 20.5. The maximum absolute atomic E-state index is 12.5. The number of amides is 1. The summed E-state index contributed by atoms with van der Waals surface area (Å²) in [5, 5.41) is 3.41. The number of pyridine rings is 1. The third-order valence-corrected chi connectivity index (χ3v) is 5.17. The number of carbonyl (C=O) groups excluding carboxylic acids is 1. The molecule has 2 aromatic carbocycles. The van der Waals surface area contributed by atoms with Crippen LogP contribution in [0.25, 0.3) is 22.6 Å². The van der Waals surface area contributed by atoms with E-state index in [1.807, 2.05) is 18.2 Å². The van der Waals surface area contributed by atoms with Crippen LogP contribution in [0, 0.1) is 0 Å². The number of halogens is 2. The van der Waals surface area contributed by atoms with Gasteiger partial charge in [0.1, 0.15) is 10.7 Å². The molecule has 1 N–H and O–H groups in total. The highest BCUT2D eigenvalue weighted by molar-refractivity contribution is 6.34. The number of hydrogen-bond donors (Lipinski definition) is 1. The number of benzene rings is 2. The van der Waals surface area contributed by atoms with E-state index in [0.717, 1.165) is 5.52 Å². The van der Waals surface area contributed by atoms with Gasteiger partial charge in [0.05, 0.1) is 16.1 Å². The van der Waals surface area contributed by atoms with Gasteiger partial charge in [-0.15, -0.1) is 0 Å². The summed E-state index contributed by atoms with van der Waals surface area (Å²) in [5.41, 5.74) is 4.03. The highest BCUT2D eigenvalue weighted by Crippen LogP contribution is 2.33. The normalized spacial score (nSPS) is 11.2. The molecule has 1 amide bonds. The van der Waals surface area contributed by atoms with Crippen molar-refractivity contribution in [3.63, 3.8) is 0 Å². The summed E-state index contributed by atoms with van der Waals surface area (Å²) in [6.45, 7) is 4.25. The SMILES string of the molecule is CC(C)c1ccc2oc(-c3cc(NC(=O)c4cccnc4Cl)ccc3Cl)nc2c1. The average Bonchev–Trinajstić information content (AvgIpc) is 3.12. The Morgan fingerprint density at radius 3 is 2.69 bits per heavy atom. The lowest BCUT2D eigenvalue weighted by molar-refractivity contribution is 0.102. The monoisotopic (exact) mass is 425 g/mol. The summed E-state index contributed by atoms with van der Waals surface area (Å²) in [6, 6.07) is 14.3. The molecule has 0 saturated carbocycles. The summed E-state index contributed by atoms with van der Waals surface area (Å²) in [5.74, 6) is 0.415. The van der Waals surface area contributed by atoms with E-state index < -0.39 is 0 Å². The van der Waals surface area contributed by atoms with Crippen LogP contribution in [0.5, 0.6) is 0 Å². The van der Waals surface area contributed by atoms with Gasteiger partial charge in [0.25, 0.3) is 5.91 Å². The van der Waals surface area contributed by atoms with E-state index in [2.05, 4.69) is 29.1 Å². The first kappa shape index (κ1) is 19.4. The molecular formula is C22H17Cl2N3O2. The zero-order valence-electron chi connectivity index (χ0n) is 15.7.